The molecule has 1 amide bonds. The maximum absolute atomic E-state index is 13.3. The van der Waals surface area contributed by atoms with E-state index in [9.17, 15) is 4.79 Å². The predicted octanol–water partition coefficient (Wildman–Crippen LogP) is 6.67. The maximum atomic E-state index is 13.3. The molecule has 0 fully saturated rings. The van der Waals surface area contributed by atoms with Gasteiger partial charge in [0.05, 0.1) is 6.61 Å². The predicted molar refractivity (Wildman–Crippen MR) is 127 cm³/mol. The first-order chi connectivity index (χ1) is 15.0. The molecule has 31 heavy (non-hydrogen) atoms. The smallest absolute Gasteiger partial charge is 0.255 e. The molecular weight excluding hydrogens is 431 g/mol. The number of unbranched alkanes of at least 4 members (excludes halogenated alkanes) is 1. The molecule has 6 heteroatoms. The van der Waals surface area contributed by atoms with Gasteiger partial charge < -0.3 is 15.4 Å². The van der Waals surface area contributed by atoms with Crippen molar-refractivity contribution in [3.05, 3.63) is 87.9 Å². The number of halogens is 2. The van der Waals surface area contributed by atoms with Gasteiger partial charge in [-0.15, -0.1) is 0 Å². The first-order valence-corrected chi connectivity index (χ1v) is 11.1. The Hall–Kier alpha value is -2.69. The van der Waals surface area contributed by atoms with Gasteiger partial charge in [0.15, 0.2) is 0 Å². The molecule has 4 nitrogen and oxygen atoms in total. The highest BCUT2D eigenvalue weighted by molar-refractivity contribution is 6.31. The van der Waals surface area contributed by atoms with E-state index in [2.05, 4.69) is 17.6 Å². The zero-order chi connectivity index (χ0) is 21.8. The van der Waals surface area contributed by atoms with Crippen LogP contribution in [0.4, 0.5) is 11.4 Å². The van der Waals surface area contributed by atoms with Gasteiger partial charge in [-0.2, -0.15) is 0 Å². The molecule has 1 atom stereocenters. The first kappa shape index (κ1) is 21.5. The van der Waals surface area contributed by atoms with Crippen LogP contribution in [0.5, 0.6) is 5.75 Å². The van der Waals surface area contributed by atoms with Crippen LogP contribution in [-0.4, -0.2) is 12.5 Å². The largest absolute Gasteiger partial charge is 0.494 e. The van der Waals surface area contributed by atoms with Crippen molar-refractivity contribution in [3.8, 4) is 5.75 Å². The maximum Gasteiger partial charge on any atom is 0.255 e. The Kier molecular flexibility index (Phi) is 6.40. The Bertz CT molecular complexity index is 1090. The average Bonchev–Trinajstić information content (AvgIpc) is 3.00. The average molecular weight is 455 g/mol. The minimum absolute atomic E-state index is 0.131. The van der Waals surface area contributed by atoms with Crippen molar-refractivity contribution < 1.29 is 9.53 Å². The van der Waals surface area contributed by atoms with E-state index >= 15 is 0 Å². The number of benzene rings is 3. The molecule has 0 bridgehead atoms. The molecule has 1 aliphatic rings. The van der Waals surface area contributed by atoms with Gasteiger partial charge in [0, 0.05) is 33.4 Å². The van der Waals surface area contributed by atoms with E-state index in [-0.39, 0.29) is 5.91 Å². The highest BCUT2D eigenvalue weighted by Gasteiger charge is 2.47. The summed E-state index contributed by atoms with van der Waals surface area (Å²) >= 11 is 12.4. The molecule has 0 saturated heterocycles. The molecular formula is C25H24Cl2N2O2. The number of amides is 1. The number of hydrogen-bond acceptors (Lipinski definition) is 3. The van der Waals surface area contributed by atoms with Crippen molar-refractivity contribution in [1.29, 1.82) is 0 Å². The fourth-order valence-corrected chi connectivity index (χ4v) is 4.24. The molecule has 0 saturated carbocycles. The number of ether oxygens (including phenoxy) is 1. The fraction of sp³-hybridized carbons (Fsp3) is 0.240. The third kappa shape index (κ3) is 4.65. The summed E-state index contributed by atoms with van der Waals surface area (Å²) in [4.78, 5) is 13.3. The molecule has 4 rings (SSSR count). The summed E-state index contributed by atoms with van der Waals surface area (Å²) in [5.74, 6) is 0.680. The van der Waals surface area contributed by atoms with Crippen LogP contribution in [0, 0.1) is 0 Å². The van der Waals surface area contributed by atoms with Crippen LogP contribution in [0.3, 0.4) is 0 Å². The molecule has 3 aromatic carbocycles. The minimum atomic E-state index is -0.991. The molecule has 1 unspecified atom stereocenters. The van der Waals surface area contributed by atoms with E-state index in [1.54, 1.807) is 12.1 Å². The lowest BCUT2D eigenvalue weighted by Gasteiger charge is -2.30. The second-order valence-electron chi connectivity index (χ2n) is 7.71. The van der Waals surface area contributed by atoms with Crippen molar-refractivity contribution in [1.82, 2.24) is 0 Å². The van der Waals surface area contributed by atoms with Gasteiger partial charge in [-0.3, -0.25) is 4.79 Å². The van der Waals surface area contributed by atoms with E-state index < -0.39 is 5.54 Å². The Labute approximate surface area is 192 Å². The van der Waals surface area contributed by atoms with Gasteiger partial charge >= 0.3 is 0 Å². The highest BCUT2D eigenvalue weighted by Crippen LogP contribution is 2.42. The van der Waals surface area contributed by atoms with E-state index in [4.69, 9.17) is 27.9 Å². The summed E-state index contributed by atoms with van der Waals surface area (Å²) in [6, 6.07) is 20.8. The SMILES string of the molecule is CCCCOc1ccc(NC2(Cc3cccc(Cl)c3)C(=O)Nc3cc(Cl)ccc32)cc1. The zero-order valence-electron chi connectivity index (χ0n) is 17.3. The molecule has 3 aromatic rings. The third-order valence-electron chi connectivity index (χ3n) is 5.41. The molecule has 1 heterocycles. The quantitative estimate of drug-likeness (QED) is 0.373. The summed E-state index contributed by atoms with van der Waals surface area (Å²) in [7, 11) is 0. The van der Waals surface area contributed by atoms with Crippen LogP contribution in [0.1, 0.15) is 30.9 Å². The standard InChI is InChI=1S/C25H24Cl2N2O2/c1-2-3-13-31-21-10-8-20(9-11-21)29-25(16-17-5-4-6-18(26)14-17)22-12-7-19(27)15-23(22)28-24(25)30/h4-12,14-15,29H,2-3,13,16H2,1H3,(H,28,30). The van der Waals surface area contributed by atoms with Crippen LogP contribution in [0.25, 0.3) is 0 Å². The van der Waals surface area contributed by atoms with E-state index in [1.165, 1.54) is 0 Å². The monoisotopic (exact) mass is 454 g/mol. The lowest BCUT2D eigenvalue weighted by atomic mass is 9.84. The number of rotatable bonds is 8. The topological polar surface area (TPSA) is 50.4 Å². The minimum Gasteiger partial charge on any atom is -0.494 e. The molecule has 0 spiro atoms. The van der Waals surface area contributed by atoms with Crippen LogP contribution in [-0.2, 0) is 16.8 Å². The molecule has 2 N–H and O–H groups in total. The van der Waals surface area contributed by atoms with E-state index in [0.29, 0.717) is 28.8 Å². The van der Waals surface area contributed by atoms with Gasteiger partial charge in [-0.05, 0) is 60.5 Å². The molecule has 0 radical (unpaired) electrons. The van der Waals surface area contributed by atoms with Gasteiger partial charge in [-0.1, -0.05) is 54.7 Å². The van der Waals surface area contributed by atoms with Gasteiger partial charge in [0.2, 0.25) is 0 Å². The van der Waals surface area contributed by atoms with Crippen LogP contribution in [0.15, 0.2) is 66.7 Å². The summed E-state index contributed by atoms with van der Waals surface area (Å²) in [5.41, 5.74) is 2.35. The Balaban J connectivity index is 1.68. The molecule has 0 aliphatic carbocycles. The summed E-state index contributed by atoms with van der Waals surface area (Å²) < 4.78 is 5.76. The second kappa shape index (κ2) is 9.21. The number of nitrogens with one attached hydrogen (secondary N) is 2. The van der Waals surface area contributed by atoms with Crippen molar-refractivity contribution in [2.45, 2.75) is 31.7 Å². The Morgan fingerprint density at radius 3 is 2.52 bits per heavy atom. The van der Waals surface area contributed by atoms with Crippen molar-refractivity contribution in [2.24, 2.45) is 0 Å². The van der Waals surface area contributed by atoms with Gasteiger partial charge in [0.1, 0.15) is 11.3 Å². The second-order valence-corrected chi connectivity index (χ2v) is 8.58. The normalized spacial score (nSPS) is 17.2. The summed E-state index contributed by atoms with van der Waals surface area (Å²) in [6.07, 6.45) is 2.54. The Morgan fingerprint density at radius 1 is 1.00 bits per heavy atom. The first-order valence-electron chi connectivity index (χ1n) is 10.4. The van der Waals surface area contributed by atoms with Crippen LogP contribution >= 0.6 is 23.2 Å². The lowest BCUT2D eigenvalue weighted by Crippen LogP contribution is -2.44. The zero-order valence-corrected chi connectivity index (χ0v) is 18.8. The van der Waals surface area contributed by atoms with E-state index in [0.717, 1.165) is 35.4 Å². The van der Waals surface area contributed by atoms with Gasteiger partial charge in [-0.25, -0.2) is 0 Å². The number of fused-ring (bicyclic) bond motifs is 1. The molecule has 1 aliphatic heterocycles. The van der Waals surface area contributed by atoms with Crippen LogP contribution < -0.4 is 15.4 Å². The molecule has 0 aromatic heterocycles. The van der Waals surface area contributed by atoms with Gasteiger partial charge in [0.25, 0.3) is 5.91 Å². The fourth-order valence-electron chi connectivity index (χ4n) is 3.86. The Morgan fingerprint density at radius 2 is 1.77 bits per heavy atom. The van der Waals surface area contributed by atoms with E-state index in [1.807, 2.05) is 54.6 Å². The van der Waals surface area contributed by atoms with Crippen LogP contribution in [0.2, 0.25) is 10.0 Å². The highest BCUT2D eigenvalue weighted by atomic mass is 35.5. The summed E-state index contributed by atoms with van der Waals surface area (Å²) in [5, 5.41) is 7.69. The number of carbonyl (C=O) groups excluding carboxylic acids is 1. The number of hydrogen-bond donors (Lipinski definition) is 2. The summed E-state index contributed by atoms with van der Waals surface area (Å²) in [6.45, 7) is 2.83. The number of carbonyl (C=O) groups is 1. The lowest BCUT2D eigenvalue weighted by molar-refractivity contribution is -0.119. The van der Waals surface area contributed by atoms with Crippen molar-refractivity contribution in [3.63, 3.8) is 0 Å². The van der Waals surface area contributed by atoms with Crippen molar-refractivity contribution >= 4 is 40.5 Å². The van der Waals surface area contributed by atoms with Crippen molar-refractivity contribution in [2.75, 3.05) is 17.2 Å². The number of anilines is 2. The third-order valence-corrected chi connectivity index (χ3v) is 5.88. The molecule has 160 valence electrons.